The van der Waals surface area contributed by atoms with Crippen LogP contribution in [0.2, 0.25) is 0 Å². The predicted octanol–water partition coefficient (Wildman–Crippen LogP) is 3.96. The molecule has 32 heavy (non-hydrogen) atoms. The van der Waals surface area contributed by atoms with Gasteiger partial charge in [-0.3, -0.25) is 30.4 Å². The number of hydrazone groups is 1. The van der Waals surface area contributed by atoms with Crippen LogP contribution in [-0.4, -0.2) is 24.5 Å². The van der Waals surface area contributed by atoms with E-state index in [4.69, 9.17) is 4.42 Å². The topological polar surface area (TPSA) is 170 Å². The van der Waals surface area contributed by atoms with Crippen molar-refractivity contribution in [2.24, 2.45) is 5.10 Å². The van der Waals surface area contributed by atoms with Gasteiger partial charge in [0.15, 0.2) is 5.76 Å². The Balaban J connectivity index is 1.83. The minimum atomic E-state index is -4.09. The van der Waals surface area contributed by atoms with Gasteiger partial charge in [0.2, 0.25) is 0 Å². The molecule has 1 heterocycles. The maximum atomic E-state index is 12.7. The van der Waals surface area contributed by atoms with Crippen molar-refractivity contribution in [3.8, 4) is 0 Å². The molecule has 0 aliphatic rings. The zero-order valence-corrected chi connectivity index (χ0v) is 17.6. The van der Waals surface area contributed by atoms with Crippen LogP contribution in [-0.2, 0) is 10.0 Å². The van der Waals surface area contributed by atoms with Gasteiger partial charge in [0, 0.05) is 6.07 Å². The molecule has 1 aromatic heterocycles. The smallest absolute Gasteiger partial charge is 0.400 e. The molecule has 0 unspecified atom stereocenters. The second-order valence-electron chi connectivity index (χ2n) is 6.66. The summed E-state index contributed by atoms with van der Waals surface area (Å²) in [6.45, 7) is 3.61. The van der Waals surface area contributed by atoms with E-state index < -0.39 is 31.4 Å². The fraction of sp³-hybridized carbons (Fsp3) is 0.105. The van der Waals surface area contributed by atoms with Crippen molar-refractivity contribution in [3.05, 3.63) is 85.6 Å². The zero-order chi connectivity index (χ0) is 23.5. The van der Waals surface area contributed by atoms with Gasteiger partial charge in [-0.1, -0.05) is 17.7 Å². The number of hydrogen-bond donors (Lipinski definition) is 2. The van der Waals surface area contributed by atoms with Gasteiger partial charge in [0.05, 0.1) is 27.8 Å². The second kappa shape index (κ2) is 8.85. The lowest BCUT2D eigenvalue weighted by Crippen LogP contribution is -2.14. The van der Waals surface area contributed by atoms with E-state index in [-0.39, 0.29) is 16.3 Å². The Morgan fingerprint density at radius 1 is 0.969 bits per heavy atom. The number of aryl methyl sites for hydroxylation is 2. The standard InChI is InChI=1S/C19H17N5O7S/c1-12-3-6-16(13(2)9-12)22-32(29,30)15-5-7-17(18(10-15)23(25)26)21-20-11-14-4-8-19(31-14)24(27)28/h3-11,21-22H,1-2H3. The van der Waals surface area contributed by atoms with E-state index in [0.717, 1.165) is 23.9 Å². The van der Waals surface area contributed by atoms with Crippen LogP contribution >= 0.6 is 0 Å². The first-order valence-corrected chi connectivity index (χ1v) is 10.5. The number of anilines is 2. The highest BCUT2D eigenvalue weighted by atomic mass is 32.2. The molecule has 13 heteroatoms. The van der Waals surface area contributed by atoms with E-state index in [2.05, 4.69) is 15.2 Å². The van der Waals surface area contributed by atoms with Crippen molar-refractivity contribution in [1.82, 2.24) is 0 Å². The number of nitro benzene ring substituents is 1. The normalized spacial score (nSPS) is 11.4. The van der Waals surface area contributed by atoms with Crippen molar-refractivity contribution in [1.29, 1.82) is 0 Å². The highest BCUT2D eigenvalue weighted by molar-refractivity contribution is 7.92. The van der Waals surface area contributed by atoms with Crippen LogP contribution in [0.4, 0.5) is 22.9 Å². The Kier molecular flexibility index (Phi) is 6.20. The third kappa shape index (κ3) is 5.07. The van der Waals surface area contributed by atoms with E-state index in [1.807, 2.05) is 6.92 Å². The molecule has 2 N–H and O–H groups in total. The number of nitrogens with zero attached hydrogens (tertiary/aromatic N) is 3. The van der Waals surface area contributed by atoms with Gasteiger partial charge in [-0.2, -0.15) is 5.10 Å². The third-order valence-electron chi connectivity index (χ3n) is 4.27. The number of benzene rings is 2. The number of hydrogen-bond acceptors (Lipinski definition) is 9. The van der Waals surface area contributed by atoms with Crippen LogP contribution in [0.3, 0.4) is 0 Å². The van der Waals surface area contributed by atoms with E-state index in [9.17, 15) is 28.6 Å². The molecule has 3 aromatic rings. The number of nitro groups is 2. The fourth-order valence-electron chi connectivity index (χ4n) is 2.73. The van der Waals surface area contributed by atoms with Gasteiger partial charge in [-0.15, -0.1) is 0 Å². The molecule has 2 aromatic carbocycles. The predicted molar refractivity (Wildman–Crippen MR) is 116 cm³/mol. The molecular weight excluding hydrogens is 442 g/mol. The molecule has 0 fully saturated rings. The van der Waals surface area contributed by atoms with Crippen molar-refractivity contribution in [2.45, 2.75) is 18.7 Å². The maximum absolute atomic E-state index is 12.7. The van der Waals surface area contributed by atoms with Crippen LogP contribution in [0.25, 0.3) is 0 Å². The molecule has 0 aliphatic heterocycles. The van der Waals surface area contributed by atoms with Crippen molar-refractivity contribution in [2.75, 3.05) is 10.1 Å². The summed E-state index contributed by atoms with van der Waals surface area (Å²) >= 11 is 0. The van der Waals surface area contributed by atoms with Crippen LogP contribution in [0.1, 0.15) is 16.9 Å². The van der Waals surface area contributed by atoms with E-state index in [1.54, 1.807) is 25.1 Å². The van der Waals surface area contributed by atoms with E-state index >= 15 is 0 Å². The van der Waals surface area contributed by atoms with Crippen LogP contribution in [0.15, 0.2) is 62.9 Å². The highest BCUT2D eigenvalue weighted by Crippen LogP contribution is 2.29. The van der Waals surface area contributed by atoms with Crippen molar-refractivity contribution < 1.29 is 22.7 Å². The summed E-state index contributed by atoms with van der Waals surface area (Å²) in [4.78, 5) is 20.3. The lowest BCUT2D eigenvalue weighted by molar-refractivity contribution is -0.402. The summed E-state index contributed by atoms with van der Waals surface area (Å²) < 4.78 is 32.8. The Labute approximate surface area is 181 Å². The lowest BCUT2D eigenvalue weighted by Gasteiger charge is -2.12. The first kappa shape index (κ1) is 22.4. The van der Waals surface area contributed by atoms with Gasteiger partial charge >= 0.3 is 5.88 Å². The molecule has 166 valence electrons. The molecule has 0 aliphatic carbocycles. The molecule has 0 bridgehead atoms. The fourth-order valence-corrected chi connectivity index (χ4v) is 3.88. The minimum Gasteiger partial charge on any atom is -0.400 e. The monoisotopic (exact) mass is 459 g/mol. The molecule has 12 nitrogen and oxygen atoms in total. The Morgan fingerprint density at radius 2 is 1.69 bits per heavy atom. The quantitative estimate of drug-likeness (QED) is 0.289. The van der Waals surface area contributed by atoms with Crippen LogP contribution < -0.4 is 10.1 Å². The van der Waals surface area contributed by atoms with Crippen LogP contribution in [0.5, 0.6) is 0 Å². The Morgan fingerprint density at radius 3 is 2.31 bits per heavy atom. The molecule has 0 spiro atoms. The largest absolute Gasteiger partial charge is 0.433 e. The summed E-state index contributed by atoms with van der Waals surface area (Å²) in [5, 5.41) is 25.8. The summed E-state index contributed by atoms with van der Waals surface area (Å²) in [5.74, 6) is -0.438. The first-order valence-electron chi connectivity index (χ1n) is 8.98. The van der Waals surface area contributed by atoms with Gasteiger partial charge in [0.1, 0.15) is 10.6 Å². The van der Waals surface area contributed by atoms with Gasteiger partial charge in [-0.05, 0) is 43.7 Å². The van der Waals surface area contributed by atoms with E-state index in [1.165, 1.54) is 18.2 Å². The van der Waals surface area contributed by atoms with Gasteiger partial charge < -0.3 is 4.42 Å². The molecule has 0 amide bonds. The lowest BCUT2D eigenvalue weighted by atomic mass is 10.1. The Hall–Kier alpha value is -4.26. The molecule has 0 radical (unpaired) electrons. The number of nitrogens with one attached hydrogen (secondary N) is 2. The average Bonchev–Trinajstić information content (AvgIpc) is 3.19. The number of sulfonamides is 1. The summed E-state index contributed by atoms with van der Waals surface area (Å²) in [7, 11) is -4.09. The minimum absolute atomic E-state index is 0.0451. The molecule has 0 saturated carbocycles. The summed E-state index contributed by atoms with van der Waals surface area (Å²) in [6, 6.07) is 10.9. The number of furan rings is 1. The average molecular weight is 459 g/mol. The van der Waals surface area contributed by atoms with Crippen LogP contribution in [0, 0.1) is 34.1 Å². The molecule has 0 saturated heterocycles. The van der Waals surface area contributed by atoms with Gasteiger partial charge in [-0.25, -0.2) is 8.42 Å². The van der Waals surface area contributed by atoms with E-state index in [0.29, 0.717) is 11.3 Å². The highest BCUT2D eigenvalue weighted by Gasteiger charge is 2.22. The van der Waals surface area contributed by atoms with Crippen molar-refractivity contribution >= 4 is 39.2 Å². The molecule has 3 rings (SSSR count). The SMILES string of the molecule is Cc1ccc(NS(=O)(=O)c2ccc(NN=Cc3ccc([N+](=O)[O-])o3)c([N+](=O)[O-])c2)c(C)c1. The Bertz CT molecular complexity index is 1330. The van der Waals surface area contributed by atoms with Crippen molar-refractivity contribution in [3.63, 3.8) is 0 Å². The zero-order valence-electron chi connectivity index (χ0n) is 16.8. The first-order chi connectivity index (χ1) is 15.1. The maximum Gasteiger partial charge on any atom is 0.433 e. The van der Waals surface area contributed by atoms with Gasteiger partial charge in [0.25, 0.3) is 15.7 Å². The summed E-state index contributed by atoms with van der Waals surface area (Å²) in [6.07, 6.45) is 1.09. The summed E-state index contributed by atoms with van der Waals surface area (Å²) in [5.41, 5.74) is 3.81. The number of rotatable bonds is 8. The second-order valence-corrected chi connectivity index (χ2v) is 8.35. The molecule has 0 atom stereocenters. The third-order valence-corrected chi connectivity index (χ3v) is 5.63. The molecular formula is C19H17N5O7S.